The van der Waals surface area contributed by atoms with E-state index in [0.717, 1.165) is 5.56 Å². The van der Waals surface area contributed by atoms with E-state index in [2.05, 4.69) is 15.5 Å². The van der Waals surface area contributed by atoms with Crippen molar-refractivity contribution in [2.45, 2.75) is 6.61 Å². The molecule has 1 amide bonds. The molecule has 0 spiro atoms. The Hall–Kier alpha value is -2.34. The molecular weight excluding hydrogens is 270 g/mol. The van der Waals surface area contributed by atoms with Gasteiger partial charge in [0.2, 0.25) is 0 Å². The van der Waals surface area contributed by atoms with Crippen molar-refractivity contribution in [1.82, 2.24) is 10.2 Å². The van der Waals surface area contributed by atoms with Crippen LogP contribution in [0.3, 0.4) is 0 Å². The number of carbonyl (C=O) groups excluding carboxylic acids is 1. The van der Waals surface area contributed by atoms with E-state index in [4.69, 9.17) is 16.3 Å². The molecule has 0 bridgehead atoms. The van der Waals surface area contributed by atoms with Gasteiger partial charge in [-0.25, -0.2) is 9.89 Å². The van der Waals surface area contributed by atoms with Crippen LogP contribution in [-0.4, -0.2) is 16.3 Å². The van der Waals surface area contributed by atoms with Crippen molar-refractivity contribution in [3.63, 3.8) is 0 Å². The molecule has 0 saturated carbocycles. The fraction of sp³-hybridized carbons (Fsp3) is 0.0833. The van der Waals surface area contributed by atoms with Gasteiger partial charge in [-0.15, -0.1) is 0 Å². The van der Waals surface area contributed by atoms with Crippen LogP contribution in [0, 0.1) is 0 Å². The lowest BCUT2D eigenvalue weighted by atomic mass is 10.2. The second kappa shape index (κ2) is 6.01. The first-order valence-electron chi connectivity index (χ1n) is 5.38. The van der Waals surface area contributed by atoms with Crippen molar-refractivity contribution in [2.75, 3.05) is 5.32 Å². The molecular formula is C12H10ClN3O3. The van der Waals surface area contributed by atoms with E-state index < -0.39 is 11.7 Å². The number of rotatable bonds is 3. The zero-order valence-electron chi connectivity index (χ0n) is 9.72. The minimum Gasteiger partial charge on any atom is -0.444 e. The molecule has 7 heteroatoms. The third kappa shape index (κ3) is 3.82. The molecule has 1 aromatic carbocycles. The fourth-order valence-electron chi connectivity index (χ4n) is 1.34. The van der Waals surface area contributed by atoms with Crippen molar-refractivity contribution < 1.29 is 9.53 Å². The summed E-state index contributed by atoms with van der Waals surface area (Å²) >= 11 is 5.60. The van der Waals surface area contributed by atoms with Gasteiger partial charge in [-0.1, -0.05) is 41.9 Å². The van der Waals surface area contributed by atoms with Crippen molar-refractivity contribution >= 4 is 23.4 Å². The second-order valence-electron chi connectivity index (χ2n) is 3.62. The summed E-state index contributed by atoms with van der Waals surface area (Å²) in [6, 6.07) is 10.4. The highest BCUT2D eigenvalue weighted by Gasteiger charge is 2.08. The first-order chi connectivity index (χ1) is 9.15. The number of benzene rings is 1. The number of nitrogens with one attached hydrogen (secondary N) is 2. The predicted octanol–water partition coefficient (Wildman–Crippen LogP) is 2.17. The Kier molecular flexibility index (Phi) is 4.15. The maximum Gasteiger partial charge on any atom is 0.412 e. The van der Waals surface area contributed by atoms with E-state index >= 15 is 0 Å². The lowest BCUT2D eigenvalue weighted by Crippen LogP contribution is -2.21. The minimum absolute atomic E-state index is 0.0157. The largest absolute Gasteiger partial charge is 0.444 e. The Labute approximate surface area is 113 Å². The Bertz CT molecular complexity index is 628. The minimum atomic E-state index is -0.739. The van der Waals surface area contributed by atoms with E-state index in [1.54, 1.807) is 0 Å². The second-order valence-corrected chi connectivity index (χ2v) is 4.01. The number of ether oxygens (including phenoxy) is 1. The number of nitrogens with zero attached hydrogens (tertiary/aromatic N) is 1. The number of aromatic amines is 1. The van der Waals surface area contributed by atoms with Gasteiger partial charge in [0.15, 0.2) is 5.15 Å². The summed E-state index contributed by atoms with van der Waals surface area (Å²) < 4.78 is 4.96. The summed E-state index contributed by atoms with van der Waals surface area (Å²) in [6.07, 6.45) is -0.739. The molecule has 0 radical (unpaired) electrons. The molecule has 0 atom stereocenters. The van der Waals surface area contributed by atoms with Crippen molar-refractivity contribution in [1.29, 1.82) is 0 Å². The predicted molar refractivity (Wildman–Crippen MR) is 70.1 cm³/mol. The zero-order chi connectivity index (χ0) is 13.7. The number of carbonyl (C=O) groups is 1. The number of hydrogen-bond donors (Lipinski definition) is 2. The van der Waals surface area contributed by atoms with Gasteiger partial charge < -0.3 is 4.74 Å². The van der Waals surface area contributed by atoms with Gasteiger partial charge in [0, 0.05) is 6.07 Å². The molecule has 6 nitrogen and oxygen atoms in total. The third-order valence-corrected chi connectivity index (χ3v) is 2.42. The highest BCUT2D eigenvalue weighted by atomic mass is 35.5. The van der Waals surface area contributed by atoms with Gasteiger partial charge in [0.1, 0.15) is 12.3 Å². The molecule has 0 fully saturated rings. The van der Waals surface area contributed by atoms with E-state index in [-0.39, 0.29) is 17.4 Å². The lowest BCUT2D eigenvalue weighted by Gasteiger charge is -2.06. The number of amides is 1. The molecule has 0 aliphatic heterocycles. The number of hydrogen-bond acceptors (Lipinski definition) is 4. The van der Waals surface area contributed by atoms with Gasteiger partial charge >= 0.3 is 6.09 Å². The van der Waals surface area contributed by atoms with Crippen LogP contribution < -0.4 is 10.9 Å². The van der Waals surface area contributed by atoms with E-state index in [0.29, 0.717) is 0 Å². The third-order valence-electron chi connectivity index (χ3n) is 2.22. The number of halogens is 1. The van der Waals surface area contributed by atoms with E-state index in [1.807, 2.05) is 30.3 Å². The smallest absolute Gasteiger partial charge is 0.412 e. The van der Waals surface area contributed by atoms with Crippen molar-refractivity contribution in [2.24, 2.45) is 0 Å². The standard InChI is InChI=1S/C12H10ClN3O3/c13-10-6-9(11(17)16-15-10)14-12(18)19-7-8-4-2-1-3-5-8/h1-6H,7H2,(H,16,17)(H,14,15,18). The van der Waals surface area contributed by atoms with E-state index in [1.165, 1.54) is 6.07 Å². The molecule has 1 heterocycles. The van der Waals surface area contributed by atoms with Gasteiger partial charge in [0.05, 0.1) is 0 Å². The van der Waals surface area contributed by atoms with Crippen LogP contribution in [0.1, 0.15) is 5.56 Å². The van der Waals surface area contributed by atoms with Crippen molar-refractivity contribution in [3.05, 3.63) is 57.5 Å². The van der Waals surface area contributed by atoms with Gasteiger partial charge in [-0.2, -0.15) is 5.10 Å². The van der Waals surface area contributed by atoms with Crippen LogP contribution >= 0.6 is 11.6 Å². The molecule has 98 valence electrons. The average Bonchev–Trinajstić information content (AvgIpc) is 2.42. The number of aromatic nitrogens is 2. The summed E-state index contributed by atoms with van der Waals surface area (Å²) in [5.41, 5.74) is 0.276. The van der Waals surface area contributed by atoms with Crippen LogP contribution in [-0.2, 0) is 11.3 Å². The molecule has 2 aromatic rings. The quantitative estimate of drug-likeness (QED) is 0.902. The number of anilines is 1. The number of H-pyrrole nitrogens is 1. The van der Waals surface area contributed by atoms with Crippen LogP contribution in [0.4, 0.5) is 10.5 Å². The Balaban J connectivity index is 1.95. The molecule has 0 aliphatic carbocycles. The van der Waals surface area contributed by atoms with Gasteiger partial charge in [-0.05, 0) is 5.56 Å². The molecule has 0 unspecified atom stereocenters. The molecule has 2 rings (SSSR count). The highest BCUT2D eigenvalue weighted by molar-refractivity contribution is 6.29. The molecule has 19 heavy (non-hydrogen) atoms. The topological polar surface area (TPSA) is 84.1 Å². The highest BCUT2D eigenvalue weighted by Crippen LogP contribution is 2.07. The molecule has 0 aliphatic rings. The van der Waals surface area contributed by atoms with E-state index in [9.17, 15) is 9.59 Å². The van der Waals surface area contributed by atoms with Crippen LogP contribution in [0.2, 0.25) is 5.15 Å². The summed E-state index contributed by atoms with van der Waals surface area (Å²) in [4.78, 5) is 22.8. The maximum absolute atomic E-state index is 11.5. The van der Waals surface area contributed by atoms with Crippen LogP contribution in [0.25, 0.3) is 0 Å². The summed E-state index contributed by atoms with van der Waals surface area (Å²) in [5.74, 6) is 0. The van der Waals surface area contributed by atoms with Crippen LogP contribution in [0.5, 0.6) is 0 Å². The fourth-order valence-corrected chi connectivity index (χ4v) is 1.49. The summed E-state index contributed by atoms with van der Waals surface area (Å²) in [5, 5.41) is 7.98. The molecule has 0 saturated heterocycles. The van der Waals surface area contributed by atoms with Gasteiger partial charge in [-0.3, -0.25) is 10.1 Å². The maximum atomic E-state index is 11.5. The Morgan fingerprint density at radius 1 is 1.37 bits per heavy atom. The summed E-state index contributed by atoms with van der Waals surface area (Å²) in [7, 11) is 0. The first kappa shape index (κ1) is 13.1. The molecule has 1 aromatic heterocycles. The van der Waals surface area contributed by atoms with Crippen molar-refractivity contribution in [3.8, 4) is 0 Å². The van der Waals surface area contributed by atoms with Crippen LogP contribution in [0.15, 0.2) is 41.2 Å². The zero-order valence-corrected chi connectivity index (χ0v) is 10.5. The Morgan fingerprint density at radius 3 is 2.84 bits per heavy atom. The molecule has 2 N–H and O–H groups in total. The summed E-state index contributed by atoms with van der Waals surface area (Å²) in [6.45, 7) is 0.114. The normalized spacial score (nSPS) is 9.95. The van der Waals surface area contributed by atoms with Gasteiger partial charge in [0.25, 0.3) is 5.56 Å². The lowest BCUT2D eigenvalue weighted by molar-refractivity contribution is 0.155. The first-order valence-corrected chi connectivity index (χ1v) is 5.76. The monoisotopic (exact) mass is 279 g/mol. The SMILES string of the molecule is O=C(Nc1cc(Cl)n[nH]c1=O)OCc1ccccc1. The Morgan fingerprint density at radius 2 is 2.11 bits per heavy atom. The average molecular weight is 280 g/mol.